The Kier molecular flexibility index (Phi) is 5.76. The Morgan fingerprint density at radius 2 is 1.68 bits per heavy atom. The van der Waals surface area contributed by atoms with E-state index in [1.165, 1.54) is 56.7 Å². The summed E-state index contributed by atoms with van der Waals surface area (Å²) >= 11 is 5.84. The summed E-state index contributed by atoms with van der Waals surface area (Å²) in [6.07, 6.45) is 0. The summed E-state index contributed by atoms with van der Waals surface area (Å²) in [6, 6.07) is 10.2. The van der Waals surface area contributed by atoms with Crippen LogP contribution in [0.2, 0.25) is 5.02 Å². The van der Waals surface area contributed by atoms with Crippen LogP contribution in [0.1, 0.15) is 0 Å². The van der Waals surface area contributed by atoms with Crippen LogP contribution in [0.25, 0.3) is 0 Å². The van der Waals surface area contributed by atoms with Crippen molar-refractivity contribution in [3.8, 4) is 11.5 Å². The van der Waals surface area contributed by atoms with Crippen molar-refractivity contribution >= 4 is 33.2 Å². The molecule has 0 saturated carbocycles. The van der Waals surface area contributed by atoms with Gasteiger partial charge in [0.1, 0.15) is 6.54 Å². The molecule has 0 unspecified atom stereocenters. The highest BCUT2D eigenvalue weighted by Gasteiger charge is 2.27. The van der Waals surface area contributed by atoms with E-state index < -0.39 is 22.5 Å². The van der Waals surface area contributed by atoms with Gasteiger partial charge in [0.2, 0.25) is 5.91 Å². The maximum Gasteiger partial charge on any atom is 0.264 e. The van der Waals surface area contributed by atoms with E-state index in [-0.39, 0.29) is 16.3 Å². The minimum absolute atomic E-state index is 0.0682. The van der Waals surface area contributed by atoms with E-state index in [4.69, 9.17) is 26.8 Å². The Morgan fingerprint density at radius 3 is 2.20 bits per heavy atom. The first kappa shape index (κ1) is 18.9. The number of ether oxygens (including phenoxy) is 2. The minimum atomic E-state index is -4.07. The van der Waals surface area contributed by atoms with Crippen LogP contribution in [0.4, 0.5) is 5.69 Å². The van der Waals surface area contributed by atoms with Crippen molar-refractivity contribution in [1.29, 1.82) is 0 Å². The molecular weight excluding hydrogens is 368 g/mol. The SMILES string of the molecule is COc1ccc(S(=O)(=O)N(CC(N)=O)c2ccc(Cl)cc2)cc1OC. The Bertz CT molecular complexity index is 869. The van der Waals surface area contributed by atoms with E-state index >= 15 is 0 Å². The lowest BCUT2D eigenvalue weighted by Crippen LogP contribution is -2.38. The maximum atomic E-state index is 13.0. The number of anilines is 1. The monoisotopic (exact) mass is 384 g/mol. The molecule has 134 valence electrons. The molecule has 2 N–H and O–H groups in total. The molecule has 0 saturated heterocycles. The number of hydrogen-bond donors (Lipinski definition) is 1. The zero-order valence-electron chi connectivity index (χ0n) is 13.6. The molecule has 7 nitrogen and oxygen atoms in total. The fourth-order valence-electron chi connectivity index (χ4n) is 2.17. The number of carbonyl (C=O) groups is 1. The predicted octanol–water partition coefficient (Wildman–Crippen LogP) is 2.04. The van der Waals surface area contributed by atoms with Crippen molar-refractivity contribution in [3.05, 3.63) is 47.5 Å². The smallest absolute Gasteiger partial charge is 0.264 e. The summed E-state index contributed by atoms with van der Waals surface area (Å²) in [4.78, 5) is 11.3. The van der Waals surface area contributed by atoms with Crippen LogP contribution < -0.4 is 19.5 Å². The molecule has 0 atom stereocenters. The number of halogens is 1. The second-order valence-corrected chi connectivity index (χ2v) is 7.27. The molecule has 0 heterocycles. The first-order valence-electron chi connectivity index (χ1n) is 7.08. The number of amides is 1. The molecule has 0 aliphatic carbocycles. The molecule has 0 aliphatic rings. The number of hydrogen-bond acceptors (Lipinski definition) is 5. The van der Waals surface area contributed by atoms with Gasteiger partial charge in [-0.05, 0) is 36.4 Å². The van der Waals surface area contributed by atoms with E-state index in [0.717, 1.165) is 4.31 Å². The fraction of sp³-hybridized carbons (Fsp3) is 0.188. The number of sulfonamides is 1. The summed E-state index contributed by atoms with van der Waals surface area (Å²) < 4.78 is 37.2. The zero-order chi connectivity index (χ0) is 18.6. The summed E-state index contributed by atoms with van der Waals surface area (Å²) in [7, 11) is -1.22. The second-order valence-electron chi connectivity index (χ2n) is 4.97. The third kappa shape index (κ3) is 4.15. The fourth-order valence-corrected chi connectivity index (χ4v) is 3.74. The molecule has 0 bridgehead atoms. The average Bonchev–Trinajstić information content (AvgIpc) is 2.59. The molecule has 25 heavy (non-hydrogen) atoms. The number of primary amides is 1. The third-order valence-electron chi connectivity index (χ3n) is 3.36. The molecule has 0 aliphatic heterocycles. The van der Waals surface area contributed by atoms with Gasteiger partial charge in [-0.2, -0.15) is 0 Å². The van der Waals surface area contributed by atoms with E-state index in [1.807, 2.05) is 0 Å². The van der Waals surface area contributed by atoms with Crippen LogP contribution in [0, 0.1) is 0 Å². The number of nitrogens with zero attached hydrogens (tertiary/aromatic N) is 1. The maximum absolute atomic E-state index is 13.0. The normalized spacial score (nSPS) is 11.0. The van der Waals surface area contributed by atoms with Crippen molar-refractivity contribution in [3.63, 3.8) is 0 Å². The largest absolute Gasteiger partial charge is 0.493 e. The van der Waals surface area contributed by atoms with Gasteiger partial charge in [0.05, 0.1) is 24.8 Å². The van der Waals surface area contributed by atoms with Gasteiger partial charge < -0.3 is 15.2 Å². The lowest BCUT2D eigenvalue weighted by atomic mass is 10.3. The van der Waals surface area contributed by atoms with Gasteiger partial charge in [0, 0.05) is 11.1 Å². The van der Waals surface area contributed by atoms with Crippen LogP contribution in [-0.4, -0.2) is 35.1 Å². The highest BCUT2D eigenvalue weighted by molar-refractivity contribution is 7.92. The van der Waals surface area contributed by atoms with E-state index in [1.54, 1.807) is 0 Å². The number of methoxy groups -OCH3 is 2. The average molecular weight is 385 g/mol. The highest BCUT2D eigenvalue weighted by Crippen LogP contribution is 2.32. The molecule has 2 aromatic rings. The van der Waals surface area contributed by atoms with E-state index in [2.05, 4.69) is 0 Å². The predicted molar refractivity (Wildman–Crippen MR) is 94.7 cm³/mol. The molecule has 2 aromatic carbocycles. The Labute approximate surface area is 151 Å². The van der Waals surface area contributed by atoms with Crippen LogP contribution in [0.3, 0.4) is 0 Å². The molecule has 0 fully saturated rings. The summed E-state index contributed by atoms with van der Waals surface area (Å²) in [6.45, 7) is -0.516. The Morgan fingerprint density at radius 1 is 1.08 bits per heavy atom. The van der Waals surface area contributed by atoms with Crippen LogP contribution in [-0.2, 0) is 14.8 Å². The van der Waals surface area contributed by atoms with Crippen LogP contribution in [0.15, 0.2) is 47.4 Å². The number of benzene rings is 2. The summed E-state index contributed by atoms with van der Waals surface area (Å²) in [5.41, 5.74) is 5.48. The minimum Gasteiger partial charge on any atom is -0.493 e. The van der Waals surface area contributed by atoms with Crippen LogP contribution >= 0.6 is 11.6 Å². The highest BCUT2D eigenvalue weighted by atomic mass is 35.5. The van der Waals surface area contributed by atoms with Crippen molar-refractivity contribution in [2.24, 2.45) is 5.73 Å². The summed E-state index contributed by atoms with van der Waals surface area (Å²) in [5.74, 6) is -0.160. The van der Waals surface area contributed by atoms with Gasteiger partial charge in [-0.25, -0.2) is 8.42 Å². The molecule has 1 amide bonds. The standard InChI is InChI=1S/C16H17ClN2O5S/c1-23-14-8-7-13(9-15(14)24-2)25(21,22)19(10-16(18)20)12-5-3-11(17)4-6-12/h3-9H,10H2,1-2H3,(H2,18,20). The van der Waals surface area contributed by atoms with Crippen molar-refractivity contribution in [1.82, 2.24) is 0 Å². The number of carbonyl (C=O) groups excluding carboxylic acids is 1. The first-order chi connectivity index (χ1) is 11.8. The topological polar surface area (TPSA) is 98.9 Å². The van der Waals surface area contributed by atoms with Crippen molar-refractivity contribution < 1.29 is 22.7 Å². The lowest BCUT2D eigenvalue weighted by molar-refractivity contribution is -0.116. The third-order valence-corrected chi connectivity index (χ3v) is 5.38. The van der Waals surface area contributed by atoms with Gasteiger partial charge in [-0.1, -0.05) is 11.6 Å². The summed E-state index contributed by atoms with van der Waals surface area (Å²) in [5, 5.41) is 0.436. The van der Waals surface area contributed by atoms with Crippen molar-refractivity contribution in [2.45, 2.75) is 4.90 Å². The molecule has 2 rings (SSSR count). The quantitative estimate of drug-likeness (QED) is 0.787. The Balaban J connectivity index is 2.55. The van der Waals surface area contributed by atoms with Gasteiger partial charge in [-0.3, -0.25) is 9.10 Å². The number of nitrogens with two attached hydrogens (primary N) is 1. The second kappa shape index (κ2) is 7.62. The van der Waals surface area contributed by atoms with Crippen molar-refractivity contribution in [2.75, 3.05) is 25.1 Å². The Hall–Kier alpha value is -2.45. The van der Waals surface area contributed by atoms with E-state index in [9.17, 15) is 13.2 Å². The van der Waals surface area contributed by atoms with Gasteiger partial charge >= 0.3 is 0 Å². The number of rotatable bonds is 7. The lowest BCUT2D eigenvalue weighted by Gasteiger charge is -2.23. The molecule has 0 radical (unpaired) electrons. The van der Waals surface area contributed by atoms with Crippen LogP contribution in [0.5, 0.6) is 11.5 Å². The van der Waals surface area contributed by atoms with Gasteiger partial charge in [0.15, 0.2) is 11.5 Å². The molecule has 9 heteroatoms. The zero-order valence-corrected chi connectivity index (χ0v) is 15.2. The molecular formula is C16H17ClN2O5S. The molecule has 0 spiro atoms. The van der Waals surface area contributed by atoms with Gasteiger partial charge in [0.25, 0.3) is 10.0 Å². The molecule has 0 aromatic heterocycles. The van der Waals surface area contributed by atoms with Gasteiger partial charge in [-0.15, -0.1) is 0 Å². The van der Waals surface area contributed by atoms with E-state index in [0.29, 0.717) is 10.8 Å². The first-order valence-corrected chi connectivity index (χ1v) is 8.90.